The lowest BCUT2D eigenvalue weighted by atomic mass is 10.1. The van der Waals surface area contributed by atoms with E-state index in [0.717, 1.165) is 43.4 Å². The van der Waals surface area contributed by atoms with Gasteiger partial charge in [0.05, 0.1) is 11.4 Å². The third kappa shape index (κ3) is 4.06. The van der Waals surface area contributed by atoms with Gasteiger partial charge in [-0.3, -0.25) is 9.88 Å². The van der Waals surface area contributed by atoms with E-state index in [0.29, 0.717) is 18.0 Å². The third-order valence-corrected chi connectivity index (χ3v) is 4.25. The summed E-state index contributed by atoms with van der Waals surface area (Å²) in [5, 5.41) is 0. The molecule has 0 spiro atoms. The van der Waals surface area contributed by atoms with Crippen LogP contribution in [0.1, 0.15) is 29.8 Å². The van der Waals surface area contributed by atoms with Crippen LogP contribution in [0.5, 0.6) is 5.88 Å². The van der Waals surface area contributed by atoms with Crippen LogP contribution in [0, 0.1) is 25.5 Å². The highest BCUT2D eigenvalue weighted by Crippen LogP contribution is 2.21. The molecule has 3 rings (SSSR count). The summed E-state index contributed by atoms with van der Waals surface area (Å²) in [5.74, 6) is -0.435. The van der Waals surface area contributed by atoms with Gasteiger partial charge in [0.15, 0.2) is 0 Å². The smallest absolute Gasteiger partial charge is 0.235 e. The van der Waals surface area contributed by atoms with Gasteiger partial charge in [-0.2, -0.15) is 0 Å². The van der Waals surface area contributed by atoms with E-state index in [1.165, 1.54) is 12.1 Å². The van der Waals surface area contributed by atoms with E-state index < -0.39 is 11.6 Å². The molecule has 0 radical (unpaired) electrons. The van der Waals surface area contributed by atoms with E-state index in [2.05, 4.69) is 14.9 Å². The number of halogens is 2. The fourth-order valence-corrected chi connectivity index (χ4v) is 2.86. The molecule has 2 aromatic rings. The predicted octanol–water partition coefficient (Wildman–Crippen LogP) is 3.42. The molecule has 1 fully saturated rings. The lowest BCUT2D eigenvalue weighted by Crippen LogP contribution is -2.38. The summed E-state index contributed by atoms with van der Waals surface area (Å²) in [6.45, 7) is 5.87. The summed E-state index contributed by atoms with van der Waals surface area (Å²) in [7, 11) is 0. The number of piperidine rings is 1. The average Bonchev–Trinajstić information content (AvgIpc) is 2.55. The van der Waals surface area contributed by atoms with E-state index in [4.69, 9.17) is 4.74 Å². The SMILES string of the molecule is Cc1cnc(C)c(OC2CCN(Cc3ccc(F)cc3F)CC2)n1. The van der Waals surface area contributed by atoms with Gasteiger partial charge in [0.25, 0.3) is 0 Å². The minimum absolute atomic E-state index is 0.0918. The molecular weight excluding hydrogens is 312 g/mol. The van der Waals surface area contributed by atoms with Gasteiger partial charge in [-0.1, -0.05) is 6.07 Å². The van der Waals surface area contributed by atoms with Crippen molar-refractivity contribution in [3.63, 3.8) is 0 Å². The number of likely N-dealkylation sites (tertiary alicyclic amines) is 1. The maximum absolute atomic E-state index is 13.7. The van der Waals surface area contributed by atoms with Crippen molar-refractivity contribution >= 4 is 0 Å². The first-order chi connectivity index (χ1) is 11.5. The maximum Gasteiger partial charge on any atom is 0.235 e. The van der Waals surface area contributed by atoms with Crippen LogP contribution in [0.3, 0.4) is 0 Å². The molecule has 1 aromatic heterocycles. The Morgan fingerprint density at radius 3 is 2.67 bits per heavy atom. The first-order valence-electron chi connectivity index (χ1n) is 8.14. The topological polar surface area (TPSA) is 38.2 Å². The molecule has 4 nitrogen and oxygen atoms in total. The molecule has 6 heteroatoms. The minimum Gasteiger partial charge on any atom is -0.473 e. The van der Waals surface area contributed by atoms with Crippen molar-refractivity contribution in [1.82, 2.24) is 14.9 Å². The molecule has 1 aliphatic rings. The Labute approximate surface area is 140 Å². The quantitative estimate of drug-likeness (QED) is 0.859. The highest BCUT2D eigenvalue weighted by atomic mass is 19.1. The Kier molecular flexibility index (Phi) is 5.04. The summed E-state index contributed by atoms with van der Waals surface area (Å²) in [4.78, 5) is 10.8. The maximum atomic E-state index is 13.7. The lowest BCUT2D eigenvalue weighted by Gasteiger charge is -2.32. The fraction of sp³-hybridized carbons (Fsp3) is 0.444. The van der Waals surface area contributed by atoms with E-state index in [-0.39, 0.29) is 6.10 Å². The largest absolute Gasteiger partial charge is 0.473 e. The number of benzene rings is 1. The molecule has 0 bridgehead atoms. The lowest BCUT2D eigenvalue weighted by molar-refractivity contribution is 0.0915. The van der Waals surface area contributed by atoms with Gasteiger partial charge in [0, 0.05) is 37.5 Å². The number of ether oxygens (including phenoxy) is 1. The number of rotatable bonds is 4. The molecule has 0 saturated carbocycles. The van der Waals surface area contributed by atoms with Crippen molar-refractivity contribution in [1.29, 1.82) is 0 Å². The molecule has 2 heterocycles. The van der Waals surface area contributed by atoms with E-state index >= 15 is 0 Å². The molecule has 1 aliphatic heterocycles. The van der Waals surface area contributed by atoms with Crippen molar-refractivity contribution in [2.75, 3.05) is 13.1 Å². The Hall–Kier alpha value is -2.08. The Balaban J connectivity index is 1.55. The molecule has 0 aliphatic carbocycles. The molecule has 0 amide bonds. The average molecular weight is 333 g/mol. The van der Waals surface area contributed by atoms with Crippen LogP contribution in [0.2, 0.25) is 0 Å². The monoisotopic (exact) mass is 333 g/mol. The van der Waals surface area contributed by atoms with Crippen molar-refractivity contribution in [2.24, 2.45) is 0 Å². The van der Waals surface area contributed by atoms with Gasteiger partial charge in [-0.25, -0.2) is 13.8 Å². The molecule has 1 saturated heterocycles. The fourth-order valence-electron chi connectivity index (χ4n) is 2.86. The summed E-state index contributed by atoms with van der Waals surface area (Å²) in [6.07, 6.45) is 3.51. The van der Waals surface area contributed by atoms with Crippen LogP contribution in [-0.4, -0.2) is 34.1 Å². The van der Waals surface area contributed by atoms with Crippen molar-refractivity contribution < 1.29 is 13.5 Å². The van der Waals surface area contributed by atoms with Gasteiger partial charge < -0.3 is 4.74 Å². The van der Waals surface area contributed by atoms with Crippen LogP contribution < -0.4 is 4.74 Å². The number of nitrogens with zero attached hydrogens (tertiary/aromatic N) is 3. The van der Waals surface area contributed by atoms with E-state index in [1.54, 1.807) is 6.20 Å². The van der Waals surface area contributed by atoms with Crippen molar-refractivity contribution in [3.8, 4) is 5.88 Å². The summed E-state index contributed by atoms with van der Waals surface area (Å²) >= 11 is 0. The van der Waals surface area contributed by atoms with E-state index in [1.807, 2.05) is 13.8 Å². The van der Waals surface area contributed by atoms with Crippen molar-refractivity contribution in [3.05, 3.63) is 53.0 Å². The van der Waals surface area contributed by atoms with Crippen molar-refractivity contribution in [2.45, 2.75) is 39.3 Å². The highest BCUT2D eigenvalue weighted by Gasteiger charge is 2.22. The summed E-state index contributed by atoms with van der Waals surface area (Å²) < 4.78 is 32.7. The van der Waals surface area contributed by atoms with Crippen LogP contribution >= 0.6 is 0 Å². The van der Waals surface area contributed by atoms with Crippen LogP contribution in [0.4, 0.5) is 8.78 Å². The number of hydrogen-bond acceptors (Lipinski definition) is 4. The first-order valence-corrected chi connectivity index (χ1v) is 8.14. The predicted molar refractivity (Wildman–Crippen MR) is 86.8 cm³/mol. The Morgan fingerprint density at radius 1 is 1.21 bits per heavy atom. The second kappa shape index (κ2) is 7.21. The third-order valence-electron chi connectivity index (χ3n) is 4.25. The first kappa shape index (κ1) is 16.8. The Morgan fingerprint density at radius 2 is 1.96 bits per heavy atom. The molecule has 0 N–H and O–H groups in total. The van der Waals surface area contributed by atoms with Gasteiger partial charge in [0.1, 0.15) is 17.7 Å². The number of aromatic nitrogens is 2. The van der Waals surface area contributed by atoms with Gasteiger partial charge in [0.2, 0.25) is 5.88 Å². The van der Waals surface area contributed by atoms with Crippen LogP contribution in [0.25, 0.3) is 0 Å². The zero-order chi connectivity index (χ0) is 17.1. The zero-order valence-corrected chi connectivity index (χ0v) is 13.9. The molecule has 24 heavy (non-hydrogen) atoms. The molecule has 0 atom stereocenters. The highest BCUT2D eigenvalue weighted by molar-refractivity contribution is 5.19. The minimum atomic E-state index is -0.544. The Bertz CT molecular complexity index is 715. The van der Waals surface area contributed by atoms with Gasteiger partial charge in [-0.15, -0.1) is 0 Å². The second-order valence-electron chi connectivity index (χ2n) is 6.23. The number of hydrogen-bond donors (Lipinski definition) is 0. The van der Waals surface area contributed by atoms with Crippen LogP contribution in [0.15, 0.2) is 24.4 Å². The molecule has 1 aromatic carbocycles. The number of aryl methyl sites for hydroxylation is 2. The molecule has 128 valence electrons. The second-order valence-corrected chi connectivity index (χ2v) is 6.23. The zero-order valence-electron chi connectivity index (χ0n) is 13.9. The normalized spacial score (nSPS) is 16.3. The standard InChI is InChI=1S/C18H21F2N3O/c1-12-10-21-13(2)18(22-12)24-16-5-7-23(8-6-16)11-14-3-4-15(19)9-17(14)20/h3-4,9-10,16H,5-8,11H2,1-2H3. The summed E-state index contributed by atoms with van der Waals surface area (Å²) in [5.41, 5.74) is 2.15. The summed E-state index contributed by atoms with van der Waals surface area (Å²) in [6, 6.07) is 3.75. The van der Waals surface area contributed by atoms with Gasteiger partial charge in [-0.05, 0) is 32.8 Å². The molecule has 0 unspecified atom stereocenters. The molecular formula is C18H21F2N3O. The van der Waals surface area contributed by atoms with Gasteiger partial charge >= 0.3 is 0 Å². The van der Waals surface area contributed by atoms with E-state index in [9.17, 15) is 8.78 Å². The van der Waals surface area contributed by atoms with Crippen LogP contribution in [-0.2, 0) is 6.54 Å².